The number of phenolic OH excluding ortho intramolecular Hbond substituents is 5. The van der Waals surface area contributed by atoms with Crippen molar-refractivity contribution in [3.05, 3.63) is 35.4 Å². The number of phenols is 5. The number of aromatic hydroxyl groups is 5. The zero-order chi connectivity index (χ0) is 21.1. The fraction of sp³-hybridized carbons (Fsp3) is 0.500. The maximum absolute atomic E-state index is 10.8. The van der Waals surface area contributed by atoms with E-state index in [9.17, 15) is 25.5 Å². The second-order valence-electron chi connectivity index (χ2n) is 9.15. The Bertz CT molecular complexity index is 994. The van der Waals surface area contributed by atoms with E-state index in [2.05, 4.69) is 0 Å². The van der Waals surface area contributed by atoms with Gasteiger partial charge in [0, 0.05) is 22.5 Å². The summed E-state index contributed by atoms with van der Waals surface area (Å²) in [6, 6.07) is 6.40. The van der Waals surface area contributed by atoms with Crippen LogP contribution >= 0.6 is 0 Å². The molecule has 2 aliphatic carbocycles. The lowest BCUT2D eigenvalue weighted by molar-refractivity contribution is -0.0975. The Balaban J connectivity index is 1.80. The summed E-state index contributed by atoms with van der Waals surface area (Å²) < 4.78 is 6.56. The minimum atomic E-state index is -0.955. The van der Waals surface area contributed by atoms with Gasteiger partial charge in [0.25, 0.3) is 0 Å². The third kappa shape index (κ3) is 2.42. The van der Waals surface area contributed by atoms with Crippen molar-refractivity contribution in [3.63, 3.8) is 0 Å². The molecule has 1 spiro atoms. The van der Waals surface area contributed by atoms with Gasteiger partial charge >= 0.3 is 0 Å². The highest BCUT2D eigenvalue weighted by atomic mass is 16.5. The van der Waals surface area contributed by atoms with E-state index < -0.39 is 11.4 Å². The molecule has 0 bridgehead atoms. The van der Waals surface area contributed by atoms with Gasteiger partial charge in [-0.05, 0) is 50.3 Å². The molecule has 1 heterocycles. The summed E-state index contributed by atoms with van der Waals surface area (Å²) in [7, 11) is 0. The first-order valence-electron chi connectivity index (χ1n) is 10.9. The maximum atomic E-state index is 10.8. The van der Waals surface area contributed by atoms with Crippen molar-refractivity contribution in [3.8, 4) is 34.5 Å². The average Bonchev–Trinajstić information content (AvgIpc) is 2.76. The average molecular weight is 412 g/mol. The minimum absolute atomic E-state index is 0.0466. The molecule has 2 fully saturated rings. The number of hydrogen-bond donors (Lipinski definition) is 5. The molecular weight excluding hydrogens is 384 g/mol. The predicted octanol–water partition coefficient (Wildman–Crippen LogP) is 4.89. The van der Waals surface area contributed by atoms with Gasteiger partial charge in [-0.15, -0.1) is 0 Å². The SMILES string of the molecule is Oc1ccc(C23CCCCC2C2(CCCCC2)c2ccc(O)c(O)c2O3)c(O)c1O. The molecule has 1 aliphatic heterocycles. The topological polar surface area (TPSA) is 110 Å². The third-order valence-corrected chi connectivity index (χ3v) is 7.78. The molecule has 2 atom stereocenters. The van der Waals surface area contributed by atoms with E-state index in [0.717, 1.165) is 56.9 Å². The van der Waals surface area contributed by atoms with Crippen LogP contribution in [-0.4, -0.2) is 25.5 Å². The summed E-state index contributed by atoms with van der Waals surface area (Å²) in [5, 5.41) is 51.9. The van der Waals surface area contributed by atoms with Gasteiger partial charge in [-0.2, -0.15) is 0 Å². The van der Waals surface area contributed by atoms with E-state index in [1.54, 1.807) is 6.07 Å². The monoisotopic (exact) mass is 412 g/mol. The van der Waals surface area contributed by atoms with Crippen LogP contribution in [0.3, 0.4) is 0 Å². The van der Waals surface area contributed by atoms with Gasteiger partial charge in [-0.3, -0.25) is 0 Å². The van der Waals surface area contributed by atoms with E-state index in [4.69, 9.17) is 4.74 Å². The summed E-state index contributed by atoms with van der Waals surface area (Å²) in [5.41, 5.74) is 0.170. The molecule has 2 aromatic carbocycles. The molecule has 0 saturated heterocycles. The number of fused-ring (bicyclic) bond motifs is 4. The lowest BCUT2D eigenvalue weighted by Gasteiger charge is -2.58. The minimum Gasteiger partial charge on any atom is -0.504 e. The van der Waals surface area contributed by atoms with Crippen LogP contribution in [0.4, 0.5) is 0 Å². The second kappa shape index (κ2) is 6.62. The van der Waals surface area contributed by atoms with Crippen LogP contribution in [0, 0.1) is 5.92 Å². The molecule has 30 heavy (non-hydrogen) atoms. The molecule has 160 valence electrons. The number of rotatable bonds is 1. The molecule has 5 N–H and O–H groups in total. The first-order valence-corrected chi connectivity index (χ1v) is 10.9. The van der Waals surface area contributed by atoms with Gasteiger partial charge in [-0.25, -0.2) is 0 Å². The van der Waals surface area contributed by atoms with Crippen molar-refractivity contribution in [2.75, 3.05) is 0 Å². The fourth-order valence-electron chi connectivity index (χ4n) is 6.50. The number of ether oxygens (including phenoxy) is 1. The highest BCUT2D eigenvalue weighted by molar-refractivity contribution is 5.61. The van der Waals surface area contributed by atoms with Gasteiger partial charge in [0.15, 0.2) is 23.0 Å². The molecule has 5 rings (SSSR count). The van der Waals surface area contributed by atoms with Crippen molar-refractivity contribution in [1.82, 2.24) is 0 Å². The molecule has 2 unspecified atom stereocenters. The Hall–Kier alpha value is -2.76. The van der Waals surface area contributed by atoms with E-state index in [0.29, 0.717) is 12.0 Å². The number of benzene rings is 2. The Morgan fingerprint density at radius 2 is 1.30 bits per heavy atom. The molecule has 0 amide bonds. The Morgan fingerprint density at radius 1 is 0.667 bits per heavy atom. The van der Waals surface area contributed by atoms with Crippen LogP contribution in [0.1, 0.15) is 68.9 Å². The summed E-state index contributed by atoms with van der Waals surface area (Å²) in [4.78, 5) is 0. The molecule has 3 aliphatic rings. The third-order valence-electron chi connectivity index (χ3n) is 7.78. The largest absolute Gasteiger partial charge is 0.504 e. The van der Waals surface area contributed by atoms with Gasteiger partial charge < -0.3 is 30.3 Å². The van der Waals surface area contributed by atoms with E-state index in [1.165, 1.54) is 12.1 Å². The Kier molecular flexibility index (Phi) is 4.24. The highest BCUT2D eigenvalue weighted by Gasteiger charge is 2.60. The molecular formula is C24H28O6. The van der Waals surface area contributed by atoms with Crippen molar-refractivity contribution >= 4 is 0 Å². The fourth-order valence-corrected chi connectivity index (χ4v) is 6.50. The molecule has 0 aromatic heterocycles. The van der Waals surface area contributed by atoms with E-state index in [1.807, 2.05) is 6.07 Å². The van der Waals surface area contributed by atoms with Gasteiger partial charge in [-0.1, -0.05) is 31.7 Å². The van der Waals surface area contributed by atoms with E-state index in [-0.39, 0.29) is 40.1 Å². The molecule has 6 heteroatoms. The van der Waals surface area contributed by atoms with Gasteiger partial charge in [0.1, 0.15) is 5.60 Å². The quantitative estimate of drug-likeness (QED) is 0.426. The van der Waals surface area contributed by atoms with Gasteiger partial charge in [0.05, 0.1) is 0 Å². The Morgan fingerprint density at radius 3 is 2.03 bits per heavy atom. The zero-order valence-electron chi connectivity index (χ0n) is 16.9. The van der Waals surface area contributed by atoms with Crippen LogP contribution < -0.4 is 4.74 Å². The van der Waals surface area contributed by atoms with Crippen molar-refractivity contribution < 1.29 is 30.3 Å². The van der Waals surface area contributed by atoms with Crippen LogP contribution in [0.15, 0.2) is 24.3 Å². The number of hydrogen-bond acceptors (Lipinski definition) is 6. The molecule has 6 nitrogen and oxygen atoms in total. The summed E-state index contributed by atoms with van der Waals surface area (Å²) in [5.74, 6) is -1.50. The predicted molar refractivity (Wildman–Crippen MR) is 110 cm³/mol. The standard InChI is InChI=1S/C24H28O6/c25-16-9-7-14(19(27)20(16)28)24-13-5-2-6-18(24)23(11-3-1-4-12-23)15-8-10-17(26)21(29)22(15)30-24/h7-10,18,25-29H,1-6,11-13H2. The first-order chi connectivity index (χ1) is 14.4. The molecule has 2 aromatic rings. The van der Waals surface area contributed by atoms with Crippen LogP contribution in [0.5, 0.6) is 34.5 Å². The smallest absolute Gasteiger partial charge is 0.200 e. The lowest BCUT2D eigenvalue weighted by atomic mass is 9.51. The second-order valence-corrected chi connectivity index (χ2v) is 9.15. The highest BCUT2D eigenvalue weighted by Crippen LogP contribution is 2.66. The van der Waals surface area contributed by atoms with Crippen molar-refractivity contribution in [2.45, 2.75) is 68.8 Å². The molecule has 2 saturated carbocycles. The normalized spacial score (nSPS) is 27.1. The maximum Gasteiger partial charge on any atom is 0.200 e. The van der Waals surface area contributed by atoms with Crippen molar-refractivity contribution in [1.29, 1.82) is 0 Å². The van der Waals surface area contributed by atoms with Crippen molar-refractivity contribution in [2.24, 2.45) is 5.92 Å². The van der Waals surface area contributed by atoms with E-state index >= 15 is 0 Å². The zero-order valence-corrected chi connectivity index (χ0v) is 16.9. The van der Waals surface area contributed by atoms with Gasteiger partial charge in [0.2, 0.25) is 11.5 Å². The molecule has 0 radical (unpaired) electrons. The summed E-state index contributed by atoms with van der Waals surface area (Å²) in [6.45, 7) is 0. The van der Waals surface area contributed by atoms with Crippen LogP contribution in [0.25, 0.3) is 0 Å². The Labute approximate surface area is 175 Å². The summed E-state index contributed by atoms with van der Waals surface area (Å²) in [6.07, 6.45) is 8.64. The lowest BCUT2D eigenvalue weighted by Crippen LogP contribution is -2.57. The first kappa shape index (κ1) is 19.2. The van der Waals surface area contributed by atoms with Crippen LogP contribution in [-0.2, 0) is 11.0 Å². The van der Waals surface area contributed by atoms with Crippen LogP contribution in [0.2, 0.25) is 0 Å². The summed E-state index contributed by atoms with van der Waals surface area (Å²) >= 11 is 0.